The Morgan fingerprint density at radius 3 is 2.65 bits per heavy atom. The molecule has 0 bridgehead atoms. The van der Waals surface area contributed by atoms with E-state index in [0.717, 1.165) is 5.56 Å². The monoisotopic (exact) mass is 417 g/mol. The minimum atomic E-state index is -0.618. The second-order valence-electron chi connectivity index (χ2n) is 7.78. The Balaban J connectivity index is 1.60. The molecule has 7 heteroatoms. The van der Waals surface area contributed by atoms with Crippen LogP contribution >= 0.6 is 0 Å². The number of hydrogen-bond acceptors (Lipinski definition) is 4. The van der Waals surface area contributed by atoms with Crippen LogP contribution < -0.4 is 5.43 Å². The molecule has 4 aromatic rings. The Bertz CT molecular complexity index is 1330. The number of carbonyl (C=O) groups is 1. The summed E-state index contributed by atoms with van der Waals surface area (Å²) in [5.41, 5.74) is 2.09. The summed E-state index contributed by atoms with van der Waals surface area (Å²) in [5, 5.41) is 0.443. The van der Waals surface area contributed by atoms with Gasteiger partial charge < -0.3 is 13.9 Å². The first kappa shape index (κ1) is 19.2. The highest BCUT2D eigenvalue weighted by Gasteiger charge is 2.42. The molecule has 31 heavy (non-hydrogen) atoms. The third kappa shape index (κ3) is 3.32. The molecular formula is C24H20FN3O3. The van der Waals surface area contributed by atoms with Gasteiger partial charge in [-0.25, -0.2) is 9.37 Å². The fourth-order valence-corrected chi connectivity index (χ4v) is 4.20. The standard InChI is InChI=1S/C24H20FN3O3/c1-15-3-8-19-18(13-15)22(29)20-21(16-4-6-17(25)7-5-16)28(24(30)23(20)31-19)11-2-10-27-12-9-26-14-27/h3-9,12-14,21H,2,10-11H2,1H3/t21-/m1/s1. The van der Waals surface area contributed by atoms with Crippen molar-refractivity contribution in [1.82, 2.24) is 14.5 Å². The molecule has 0 saturated heterocycles. The SMILES string of the molecule is Cc1ccc2oc3c(c(=O)c2c1)[C@@H](c1ccc(F)cc1)N(CCCn1ccnc1)C3=O. The molecule has 1 amide bonds. The normalized spacial score (nSPS) is 15.6. The van der Waals surface area contributed by atoms with Crippen molar-refractivity contribution in [3.05, 3.63) is 99.7 Å². The highest BCUT2D eigenvalue weighted by atomic mass is 19.1. The summed E-state index contributed by atoms with van der Waals surface area (Å²) in [5.74, 6) is -0.631. The van der Waals surface area contributed by atoms with Gasteiger partial charge in [-0.1, -0.05) is 23.8 Å². The largest absolute Gasteiger partial charge is 0.450 e. The van der Waals surface area contributed by atoms with Crippen LogP contribution in [0.1, 0.15) is 39.7 Å². The topological polar surface area (TPSA) is 68.3 Å². The molecule has 0 fully saturated rings. The van der Waals surface area contributed by atoms with Gasteiger partial charge in [0.1, 0.15) is 11.4 Å². The number of benzene rings is 2. The second kappa shape index (κ2) is 7.50. The quantitative estimate of drug-likeness (QED) is 0.491. The van der Waals surface area contributed by atoms with E-state index in [-0.39, 0.29) is 22.9 Å². The maximum atomic E-state index is 13.6. The van der Waals surface area contributed by atoms with Gasteiger partial charge in [-0.2, -0.15) is 0 Å². The van der Waals surface area contributed by atoms with Crippen LogP contribution in [0.4, 0.5) is 4.39 Å². The average molecular weight is 417 g/mol. The molecule has 0 saturated carbocycles. The first-order chi connectivity index (χ1) is 15.0. The molecule has 2 aromatic heterocycles. The van der Waals surface area contributed by atoms with Gasteiger partial charge in [0, 0.05) is 25.5 Å². The first-order valence-electron chi connectivity index (χ1n) is 10.1. The van der Waals surface area contributed by atoms with Gasteiger partial charge in [0.05, 0.1) is 23.3 Å². The number of aromatic nitrogens is 2. The third-order valence-electron chi connectivity index (χ3n) is 5.68. The number of aryl methyl sites for hydroxylation is 2. The Hall–Kier alpha value is -3.74. The molecule has 0 radical (unpaired) electrons. The van der Waals surface area contributed by atoms with E-state index < -0.39 is 6.04 Å². The van der Waals surface area contributed by atoms with Crippen LogP contribution in [-0.4, -0.2) is 26.9 Å². The van der Waals surface area contributed by atoms with Crippen molar-refractivity contribution < 1.29 is 13.6 Å². The van der Waals surface area contributed by atoms with Crippen LogP contribution in [0, 0.1) is 12.7 Å². The maximum absolute atomic E-state index is 13.6. The summed E-state index contributed by atoms with van der Waals surface area (Å²) >= 11 is 0. The maximum Gasteiger partial charge on any atom is 0.290 e. The smallest absolute Gasteiger partial charge is 0.290 e. The minimum absolute atomic E-state index is 0.0679. The van der Waals surface area contributed by atoms with Gasteiger partial charge in [-0.05, 0) is 43.2 Å². The molecule has 3 heterocycles. The molecule has 0 N–H and O–H groups in total. The van der Waals surface area contributed by atoms with Gasteiger partial charge >= 0.3 is 0 Å². The number of fused-ring (bicyclic) bond motifs is 2. The van der Waals surface area contributed by atoms with E-state index in [1.54, 1.807) is 41.7 Å². The molecule has 1 aliphatic heterocycles. The van der Waals surface area contributed by atoms with Gasteiger partial charge in [0.15, 0.2) is 5.43 Å². The molecule has 1 atom stereocenters. The van der Waals surface area contributed by atoms with E-state index in [1.807, 2.05) is 23.8 Å². The van der Waals surface area contributed by atoms with Crippen molar-refractivity contribution in [2.24, 2.45) is 0 Å². The van der Waals surface area contributed by atoms with Crippen LogP contribution in [0.15, 0.2) is 70.4 Å². The van der Waals surface area contributed by atoms with Gasteiger partial charge in [0.2, 0.25) is 5.76 Å². The number of hydrogen-bond donors (Lipinski definition) is 0. The number of rotatable bonds is 5. The summed E-state index contributed by atoms with van der Waals surface area (Å²) in [6.45, 7) is 2.99. The second-order valence-corrected chi connectivity index (χ2v) is 7.78. The summed E-state index contributed by atoms with van der Waals surface area (Å²) in [6.07, 6.45) is 5.95. The van der Waals surface area contributed by atoms with E-state index in [2.05, 4.69) is 4.98 Å². The van der Waals surface area contributed by atoms with Crippen molar-refractivity contribution >= 4 is 16.9 Å². The zero-order valence-electron chi connectivity index (χ0n) is 16.9. The molecule has 6 nitrogen and oxygen atoms in total. The summed E-state index contributed by atoms with van der Waals surface area (Å²) in [6, 6.07) is 10.6. The number of carbonyl (C=O) groups excluding carboxylic acids is 1. The zero-order chi connectivity index (χ0) is 21.5. The summed E-state index contributed by atoms with van der Waals surface area (Å²) < 4.78 is 21.4. The number of amides is 1. The minimum Gasteiger partial charge on any atom is -0.450 e. The van der Waals surface area contributed by atoms with Crippen molar-refractivity contribution in [3.63, 3.8) is 0 Å². The molecular weight excluding hydrogens is 397 g/mol. The Morgan fingerprint density at radius 2 is 1.90 bits per heavy atom. The van der Waals surface area contributed by atoms with E-state index in [9.17, 15) is 14.0 Å². The highest BCUT2D eigenvalue weighted by Crippen LogP contribution is 2.38. The van der Waals surface area contributed by atoms with Gasteiger partial charge in [-0.3, -0.25) is 9.59 Å². The summed E-state index contributed by atoms with van der Waals surface area (Å²) in [7, 11) is 0. The van der Waals surface area contributed by atoms with Crippen LogP contribution in [-0.2, 0) is 6.54 Å². The fraction of sp³-hybridized carbons (Fsp3) is 0.208. The molecule has 0 unspecified atom stereocenters. The number of imidazole rings is 1. The Labute approximate surface area is 177 Å². The lowest BCUT2D eigenvalue weighted by atomic mass is 9.98. The third-order valence-corrected chi connectivity index (χ3v) is 5.68. The van der Waals surface area contributed by atoms with Crippen molar-refractivity contribution in [1.29, 1.82) is 0 Å². The number of nitrogens with zero attached hydrogens (tertiary/aromatic N) is 3. The molecule has 1 aliphatic rings. The van der Waals surface area contributed by atoms with Crippen LogP contribution in [0.2, 0.25) is 0 Å². The van der Waals surface area contributed by atoms with E-state index in [0.29, 0.717) is 41.6 Å². The van der Waals surface area contributed by atoms with Crippen molar-refractivity contribution in [3.8, 4) is 0 Å². The average Bonchev–Trinajstić information content (AvgIpc) is 3.37. The van der Waals surface area contributed by atoms with E-state index >= 15 is 0 Å². The van der Waals surface area contributed by atoms with Gasteiger partial charge in [-0.15, -0.1) is 0 Å². The predicted octanol–water partition coefficient (Wildman–Crippen LogP) is 4.07. The lowest BCUT2D eigenvalue weighted by Gasteiger charge is -2.25. The van der Waals surface area contributed by atoms with Crippen LogP contribution in [0.25, 0.3) is 11.0 Å². The lowest BCUT2D eigenvalue weighted by Crippen LogP contribution is -2.31. The lowest BCUT2D eigenvalue weighted by molar-refractivity contribution is 0.0723. The number of halogens is 1. The van der Waals surface area contributed by atoms with Crippen LogP contribution in [0.5, 0.6) is 0 Å². The fourth-order valence-electron chi connectivity index (χ4n) is 4.20. The predicted molar refractivity (Wildman–Crippen MR) is 113 cm³/mol. The van der Waals surface area contributed by atoms with E-state index in [4.69, 9.17) is 4.42 Å². The zero-order valence-corrected chi connectivity index (χ0v) is 16.9. The van der Waals surface area contributed by atoms with Gasteiger partial charge in [0.25, 0.3) is 5.91 Å². The highest BCUT2D eigenvalue weighted by molar-refractivity contribution is 5.99. The first-order valence-corrected chi connectivity index (χ1v) is 10.1. The van der Waals surface area contributed by atoms with E-state index in [1.165, 1.54) is 12.1 Å². The Kier molecular flexibility index (Phi) is 4.66. The Morgan fingerprint density at radius 1 is 1.10 bits per heavy atom. The van der Waals surface area contributed by atoms with Crippen LogP contribution in [0.3, 0.4) is 0 Å². The van der Waals surface area contributed by atoms with Crippen molar-refractivity contribution in [2.75, 3.05) is 6.54 Å². The molecule has 156 valence electrons. The molecule has 0 spiro atoms. The molecule has 5 rings (SSSR count). The molecule has 0 aliphatic carbocycles. The molecule has 2 aromatic carbocycles. The van der Waals surface area contributed by atoms with Crippen molar-refractivity contribution in [2.45, 2.75) is 25.9 Å². The summed E-state index contributed by atoms with van der Waals surface area (Å²) in [4.78, 5) is 32.4.